The van der Waals surface area contributed by atoms with Gasteiger partial charge >= 0.3 is 0 Å². The largest absolute Gasteiger partial charge is 0.352 e. The Bertz CT molecular complexity index is 587. The standard InChI is InChI=1S/C16H18N2O2/c1-4-12-9-15(19)18(10-12)14-7-6-13(8-11(14)3)16(20)17-5-2/h1,6-8,12H,5,9-10H2,2-3H3,(H,17,20). The Labute approximate surface area is 119 Å². The lowest BCUT2D eigenvalue weighted by Crippen LogP contribution is -2.26. The minimum absolute atomic E-state index is 0.0232. The van der Waals surface area contributed by atoms with Gasteiger partial charge < -0.3 is 10.2 Å². The Morgan fingerprint density at radius 3 is 2.85 bits per heavy atom. The fourth-order valence-electron chi connectivity index (χ4n) is 2.41. The summed E-state index contributed by atoms with van der Waals surface area (Å²) < 4.78 is 0. The lowest BCUT2D eigenvalue weighted by atomic mass is 10.1. The fourth-order valence-corrected chi connectivity index (χ4v) is 2.41. The highest BCUT2D eigenvalue weighted by atomic mass is 16.2. The number of anilines is 1. The van der Waals surface area contributed by atoms with Gasteiger partial charge in [0.05, 0.1) is 0 Å². The van der Waals surface area contributed by atoms with Crippen molar-refractivity contribution in [2.24, 2.45) is 5.92 Å². The van der Waals surface area contributed by atoms with Gasteiger partial charge in [-0.05, 0) is 37.6 Å². The van der Waals surface area contributed by atoms with Crippen LogP contribution in [0, 0.1) is 25.2 Å². The first-order valence-corrected chi connectivity index (χ1v) is 6.72. The summed E-state index contributed by atoms with van der Waals surface area (Å²) in [5.74, 6) is 2.55. The molecule has 4 heteroatoms. The van der Waals surface area contributed by atoms with Crippen LogP contribution in [0.2, 0.25) is 0 Å². The highest BCUT2D eigenvalue weighted by molar-refractivity contribution is 5.99. The number of aryl methyl sites for hydroxylation is 1. The van der Waals surface area contributed by atoms with Gasteiger partial charge in [-0.3, -0.25) is 9.59 Å². The summed E-state index contributed by atoms with van der Waals surface area (Å²) in [5.41, 5.74) is 2.34. The SMILES string of the molecule is C#CC1CC(=O)N(c2ccc(C(=O)NCC)cc2C)C1. The number of terminal acetylenes is 1. The van der Waals surface area contributed by atoms with Crippen LogP contribution in [-0.4, -0.2) is 24.9 Å². The molecule has 4 nitrogen and oxygen atoms in total. The van der Waals surface area contributed by atoms with Crippen LogP contribution < -0.4 is 10.2 Å². The first kappa shape index (κ1) is 14.1. The molecule has 1 aromatic rings. The van der Waals surface area contributed by atoms with Crippen molar-refractivity contribution in [2.45, 2.75) is 20.3 Å². The predicted molar refractivity (Wildman–Crippen MR) is 78.5 cm³/mol. The van der Waals surface area contributed by atoms with Crippen LogP contribution in [0.5, 0.6) is 0 Å². The van der Waals surface area contributed by atoms with Crippen molar-refractivity contribution in [2.75, 3.05) is 18.0 Å². The molecular weight excluding hydrogens is 252 g/mol. The van der Waals surface area contributed by atoms with E-state index in [1.807, 2.05) is 19.9 Å². The molecule has 0 spiro atoms. The highest BCUT2D eigenvalue weighted by Crippen LogP contribution is 2.28. The molecule has 104 valence electrons. The number of amides is 2. The van der Waals surface area contributed by atoms with E-state index in [0.29, 0.717) is 25.1 Å². The first-order chi connectivity index (χ1) is 9.56. The molecule has 1 fully saturated rings. The fraction of sp³-hybridized carbons (Fsp3) is 0.375. The van der Waals surface area contributed by atoms with E-state index < -0.39 is 0 Å². The summed E-state index contributed by atoms with van der Waals surface area (Å²) in [6, 6.07) is 5.36. The van der Waals surface area contributed by atoms with Gasteiger partial charge in [-0.25, -0.2) is 0 Å². The molecule has 0 aromatic heterocycles. The smallest absolute Gasteiger partial charge is 0.251 e. The Morgan fingerprint density at radius 2 is 2.30 bits per heavy atom. The minimum Gasteiger partial charge on any atom is -0.352 e. The number of carbonyl (C=O) groups is 2. The summed E-state index contributed by atoms with van der Waals surface area (Å²) in [5, 5.41) is 2.76. The van der Waals surface area contributed by atoms with Gasteiger partial charge in [0.15, 0.2) is 0 Å². The molecule has 0 aliphatic carbocycles. The summed E-state index contributed by atoms with van der Waals surface area (Å²) in [4.78, 5) is 25.5. The Morgan fingerprint density at radius 1 is 1.55 bits per heavy atom. The zero-order valence-corrected chi connectivity index (χ0v) is 11.8. The van der Waals surface area contributed by atoms with E-state index in [2.05, 4.69) is 11.2 Å². The van der Waals surface area contributed by atoms with Crippen molar-refractivity contribution in [3.63, 3.8) is 0 Å². The average molecular weight is 270 g/mol. The van der Waals surface area contributed by atoms with E-state index in [0.717, 1.165) is 11.3 Å². The van der Waals surface area contributed by atoms with E-state index in [1.165, 1.54) is 0 Å². The van der Waals surface area contributed by atoms with Gasteiger partial charge in [-0.1, -0.05) is 0 Å². The number of rotatable bonds is 3. The maximum absolute atomic E-state index is 12.0. The molecule has 1 aliphatic rings. The third-order valence-electron chi connectivity index (χ3n) is 3.45. The average Bonchev–Trinajstić information content (AvgIpc) is 2.80. The zero-order chi connectivity index (χ0) is 14.7. The topological polar surface area (TPSA) is 49.4 Å². The Hall–Kier alpha value is -2.28. The number of carbonyl (C=O) groups excluding carboxylic acids is 2. The highest BCUT2D eigenvalue weighted by Gasteiger charge is 2.30. The second-order valence-electron chi connectivity index (χ2n) is 4.93. The van der Waals surface area contributed by atoms with E-state index in [1.54, 1.807) is 17.0 Å². The van der Waals surface area contributed by atoms with Crippen LogP contribution in [0.15, 0.2) is 18.2 Å². The molecule has 0 radical (unpaired) electrons. The van der Waals surface area contributed by atoms with Crippen molar-refractivity contribution in [1.82, 2.24) is 5.32 Å². The van der Waals surface area contributed by atoms with Crippen molar-refractivity contribution < 1.29 is 9.59 Å². The monoisotopic (exact) mass is 270 g/mol. The molecule has 1 heterocycles. The number of benzene rings is 1. The van der Waals surface area contributed by atoms with Crippen LogP contribution >= 0.6 is 0 Å². The maximum atomic E-state index is 12.0. The zero-order valence-electron chi connectivity index (χ0n) is 11.8. The van der Waals surface area contributed by atoms with Gasteiger partial charge in [-0.15, -0.1) is 12.3 Å². The molecule has 1 N–H and O–H groups in total. The van der Waals surface area contributed by atoms with E-state index >= 15 is 0 Å². The molecule has 2 rings (SSSR count). The number of hydrogen-bond acceptors (Lipinski definition) is 2. The molecule has 1 atom stereocenters. The molecular formula is C16H18N2O2. The van der Waals surface area contributed by atoms with Gasteiger partial charge in [-0.2, -0.15) is 0 Å². The molecule has 2 amide bonds. The number of nitrogens with one attached hydrogen (secondary N) is 1. The Balaban J connectivity index is 2.25. The number of hydrogen-bond donors (Lipinski definition) is 1. The Kier molecular flexibility index (Phi) is 4.09. The van der Waals surface area contributed by atoms with Crippen LogP contribution in [0.1, 0.15) is 29.3 Å². The lowest BCUT2D eigenvalue weighted by Gasteiger charge is -2.19. The summed E-state index contributed by atoms with van der Waals surface area (Å²) in [7, 11) is 0. The third-order valence-corrected chi connectivity index (χ3v) is 3.45. The second-order valence-corrected chi connectivity index (χ2v) is 4.93. The van der Waals surface area contributed by atoms with E-state index in [-0.39, 0.29) is 17.7 Å². The van der Waals surface area contributed by atoms with Crippen molar-refractivity contribution in [3.05, 3.63) is 29.3 Å². The molecule has 1 saturated heterocycles. The predicted octanol–water partition coefficient (Wildman–Crippen LogP) is 1.73. The minimum atomic E-state index is -0.101. The van der Waals surface area contributed by atoms with Crippen molar-refractivity contribution in [1.29, 1.82) is 0 Å². The molecule has 1 aliphatic heterocycles. The van der Waals surface area contributed by atoms with Crippen molar-refractivity contribution in [3.8, 4) is 12.3 Å². The quantitative estimate of drug-likeness (QED) is 0.850. The van der Waals surface area contributed by atoms with Crippen LogP contribution in [0.3, 0.4) is 0 Å². The molecule has 1 aromatic carbocycles. The summed E-state index contributed by atoms with van der Waals surface area (Å²) >= 11 is 0. The summed E-state index contributed by atoms with van der Waals surface area (Å²) in [6.07, 6.45) is 5.79. The maximum Gasteiger partial charge on any atom is 0.251 e. The van der Waals surface area contributed by atoms with Gasteiger partial charge in [0, 0.05) is 36.7 Å². The summed E-state index contributed by atoms with van der Waals surface area (Å²) in [6.45, 7) is 4.92. The molecule has 20 heavy (non-hydrogen) atoms. The third kappa shape index (κ3) is 2.67. The van der Waals surface area contributed by atoms with Crippen LogP contribution in [0.4, 0.5) is 5.69 Å². The normalized spacial score (nSPS) is 17.9. The van der Waals surface area contributed by atoms with Crippen LogP contribution in [0.25, 0.3) is 0 Å². The van der Waals surface area contributed by atoms with E-state index in [9.17, 15) is 9.59 Å². The molecule has 1 unspecified atom stereocenters. The number of nitrogens with zero attached hydrogens (tertiary/aromatic N) is 1. The van der Waals surface area contributed by atoms with Crippen LogP contribution in [-0.2, 0) is 4.79 Å². The first-order valence-electron chi connectivity index (χ1n) is 6.72. The second kappa shape index (κ2) is 5.79. The lowest BCUT2D eigenvalue weighted by molar-refractivity contribution is -0.117. The molecule has 0 bridgehead atoms. The van der Waals surface area contributed by atoms with E-state index in [4.69, 9.17) is 6.42 Å². The van der Waals surface area contributed by atoms with Gasteiger partial charge in [0.2, 0.25) is 5.91 Å². The molecule has 0 saturated carbocycles. The van der Waals surface area contributed by atoms with Crippen molar-refractivity contribution >= 4 is 17.5 Å². The van der Waals surface area contributed by atoms with Gasteiger partial charge in [0.25, 0.3) is 5.91 Å². The van der Waals surface area contributed by atoms with Gasteiger partial charge in [0.1, 0.15) is 0 Å².